The molecule has 2 N–H and O–H groups in total. The molecule has 2 aromatic carbocycles. The Morgan fingerprint density at radius 2 is 1.95 bits per heavy atom. The molecule has 0 spiro atoms. The van der Waals surface area contributed by atoms with Crippen LogP contribution in [0.25, 0.3) is 16.7 Å². The van der Waals surface area contributed by atoms with E-state index < -0.39 is 0 Å². The lowest BCUT2D eigenvalue weighted by Crippen LogP contribution is -2.01. The first-order chi connectivity index (χ1) is 10.2. The summed E-state index contributed by atoms with van der Waals surface area (Å²) in [7, 11) is 0. The van der Waals surface area contributed by atoms with E-state index in [-0.39, 0.29) is 5.82 Å². The maximum Gasteiger partial charge on any atom is 0.205 e. The molecular weight excluding hydrogens is 269 g/mol. The molecule has 0 saturated carbocycles. The zero-order valence-corrected chi connectivity index (χ0v) is 11.7. The Morgan fingerprint density at radius 1 is 1.19 bits per heavy atom. The standard InChI is InChI=1S/C16H16FN3O/c1-2-9-21-13-6-4-12(5-7-13)20-15-8-3-11(17)10-14(15)19-16(20)18/h3-8,10H,2,9H2,1H3,(H2,18,19). The fourth-order valence-electron chi connectivity index (χ4n) is 2.25. The van der Waals surface area contributed by atoms with Crippen LogP contribution in [0.2, 0.25) is 0 Å². The highest BCUT2D eigenvalue weighted by Gasteiger charge is 2.10. The highest BCUT2D eigenvalue weighted by molar-refractivity contribution is 5.80. The van der Waals surface area contributed by atoms with E-state index in [2.05, 4.69) is 11.9 Å². The molecule has 1 heterocycles. The SMILES string of the molecule is CCCOc1ccc(-n2c(N)nc3cc(F)ccc32)cc1. The quantitative estimate of drug-likeness (QED) is 0.797. The molecule has 0 fully saturated rings. The normalized spacial score (nSPS) is 11.0. The van der Waals surface area contributed by atoms with Gasteiger partial charge in [0.1, 0.15) is 11.6 Å². The number of rotatable bonds is 4. The van der Waals surface area contributed by atoms with Gasteiger partial charge < -0.3 is 10.5 Å². The molecule has 0 aliphatic carbocycles. The minimum Gasteiger partial charge on any atom is -0.494 e. The second-order valence-corrected chi connectivity index (χ2v) is 4.78. The highest BCUT2D eigenvalue weighted by atomic mass is 19.1. The third-order valence-electron chi connectivity index (χ3n) is 3.21. The van der Waals surface area contributed by atoms with Crippen LogP contribution in [0.1, 0.15) is 13.3 Å². The number of fused-ring (bicyclic) bond motifs is 1. The first kappa shape index (κ1) is 13.4. The number of ether oxygens (including phenoxy) is 1. The summed E-state index contributed by atoms with van der Waals surface area (Å²) < 4.78 is 20.6. The van der Waals surface area contributed by atoms with Crippen molar-refractivity contribution in [2.45, 2.75) is 13.3 Å². The van der Waals surface area contributed by atoms with E-state index in [0.717, 1.165) is 23.4 Å². The molecule has 0 atom stereocenters. The summed E-state index contributed by atoms with van der Waals surface area (Å²) in [5.74, 6) is 0.822. The molecule has 4 nitrogen and oxygen atoms in total. The van der Waals surface area contributed by atoms with Crippen LogP contribution in [0.15, 0.2) is 42.5 Å². The van der Waals surface area contributed by atoms with Crippen molar-refractivity contribution >= 4 is 17.0 Å². The van der Waals surface area contributed by atoms with Gasteiger partial charge in [0.05, 0.1) is 17.6 Å². The maximum absolute atomic E-state index is 13.2. The molecule has 0 amide bonds. The van der Waals surface area contributed by atoms with Gasteiger partial charge in [0.25, 0.3) is 0 Å². The highest BCUT2D eigenvalue weighted by Crippen LogP contribution is 2.25. The molecule has 5 heteroatoms. The second kappa shape index (κ2) is 5.44. The molecule has 0 unspecified atom stereocenters. The lowest BCUT2D eigenvalue weighted by Gasteiger charge is -2.08. The van der Waals surface area contributed by atoms with Gasteiger partial charge in [-0.15, -0.1) is 0 Å². The van der Waals surface area contributed by atoms with Crippen LogP contribution in [-0.2, 0) is 0 Å². The van der Waals surface area contributed by atoms with Crippen molar-refractivity contribution in [2.75, 3.05) is 12.3 Å². The third-order valence-corrected chi connectivity index (χ3v) is 3.21. The summed E-state index contributed by atoms with van der Waals surface area (Å²) in [6.45, 7) is 2.75. The minimum absolute atomic E-state index is 0.324. The largest absolute Gasteiger partial charge is 0.494 e. The van der Waals surface area contributed by atoms with Crippen molar-refractivity contribution in [1.29, 1.82) is 0 Å². The molecule has 3 aromatic rings. The third kappa shape index (κ3) is 2.54. The molecule has 0 aliphatic heterocycles. The fourth-order valence-corrected chi connectivity index (χ4v) is 2.25. The minimum atomic E-state index is -0.324. The van der Waals surface area contributed by atoms with Crippen LogP contribution in [0.5, 0.6) is 5.75 Å². The number of halogens is 1. The van der Waals surface area contributed by atoms with Gasteiger partial charge in [-0.1, -0.05) is 6.92 Å². The van der Waals surface area contributed by atoms with Crippen LogP contribution >= 0.6 is 0 Å². The van der Waals surface area contributed by atoms with E-state index in [1.807, 2.05) is 24.3 Å². The molecule has 0 bridgehead atoms. The smallest absolute Gasteiger partial charge is 0.205 e. The van der Waals surface area contributed by atoms with Gasteiger partial charge in [0, 0.05) is 11.8 Å². The van der Waals surface area contributed by atoms with Crippen LogP contribution in [0.4, 0.5) is 10.3 Å². The van der Waals surface area contributed by atoms with Gasteiger partial charge in [0.2, 0.25) is 5.95 Å². The number of nitrogens with zero attached hydrogens (tertiary/aromatic N) is 2. The molecular formula is C16H16FN3O. The van der Waals surface area contributed by atoms with E-state index in [4.69, 9.17) is 10.5 Å². The zero-order chi connectivity index (χ0) is 14.8. The van der Waals surface area contributed by atoms with Gasteiger partial charge in [-0.25, -0.2) is 9.37 Å². The monoisotopic (exact) mass is 285 g/mol. The van der Waals surface area contributed by atoms with Crippen LogP contribution in [-0.4, -0.2) is 16.2 Å². The molecule has 21 heavy (non-hydrogen) atoms. The summed E-state index contributed by atoms with van der Waals surface area (Å²) in [6.07, 6.45) is 0.965. The predicted octanol–water partition coefficient (Wildman–Crippen LogP) is 3.54. The summed E-state index contributed by atoms with van der Waals surface area (Å²) in [5, 5.41) is 0. The van der Waals surface area contributed by atoms with E-state index in [0.29, 0.717) is 18.1 Å². The average Bonchev–Trinajstić information content (AvgIpc) is 2.80. The van der Waals surface area contributed by atoms with Crippen molar-refractivity contribution in [2.24, 2.45) is 0 Å². The van der Waals surface area contributed by atoms with Crippen molar-refractivity contribution in [1.82, 2.24) is 9.55 Å². The van der Waals surface area contributed by atoms with Gasteiger partial charge in [-0.3, -0.25) is 4.57 Å². The molecule has 108 valence electrons. The Labute approximate surface area is 122 Å². The van der Waals surface area contributed by atoms with Crippen molar-refractivity contribution in [3.8, 4) is 11.4 Å². The Morgan fingerprint density at radius 3 is 2.67 bits per heavy atom. The van der Waals surface area contributed by atoms with Crippen molar-refractivity contribution < 1.29 is 9.13 Å². The number of aromatic nitrogens is 2. The Hall–Kier alpha value is -2.56. The summed E-state index contributed by atoms with van der Waals surface area (Å²) in [6, 6.07) is 12.0. The summed E-state index contributed by atoms with van der Waals surface area (Å²) in [4.78, 5) is 4.19. The number of nitrogen functional groups attached to an aromatic ring is 1. The first-order valence-electron chi connectivity index (χ1n) is 6.85. The maximum atomic E-state index is 13.2. The van der Waals surface area contributed by atoms with E-state index in [1.165, 1.54) is 12.1 Å². The molecule has 3 rings (SSSR count). The number of hydrogen-bond donors (Lipinski definition) is 1. The van der Waals surface area contributed by atoms with E-state index >= 15 is 0 Å². The Balaban J connectivity index is 2.01. The number of benzene rings is 2. The summed E-state index contributed by atoms with van der Waals surface area (Å²) >= 11 is 0. The number of hydrogen-bond acceptors (Lipinski definition) is 3. The van der Waals surface area contributed by atoms with Gasteiger partial charge in [0.15, 0.2) is 0 Å². The van der Waals surface area contributed by atoms with Gasteiger partial charge in [-0.05, 0) is 42.8 Å². The van der Waals surface area contributed by atoms with E-state index in [9.17, 15) is 4.39 Å². The second-order valence-electron chi connectivity index (χ2n) is 4.78. The fraction of sp³-hybridized carbons (Fsp3) is 0.188. The Kier molecular flexibility index (Phi) is 3.48. The van der Waals surface area contributed by atoms with Crippen LogP contribution in [0, 0.1) is 5.82 Å². The van der Waals surface area contributed by atoms with Gasteiger partial charge >= 0.3 is 0 Å². The Bertz CT molecular complexity index is 765. The van der Waals surface area contributed by atoms with E-state index in [1.54, 1.807) is 10.6 Å². The van der Waals surface area contributed by atoms with Crippen LogP contribution < -0.4 is 10.5 Å². The molecule has 0 saturated heterocycles. The summed E-state index contributed by atoms with van der Waals surface area (Å²) in [5.41, 5.74) is 8.13. The van der Waals surface area contributed by atoms with Crippen LogP contribution in [0.3, 0.4) is 0 Å². The molecule has 0 aliphatic rings. The number of anilines is 1. The average molecular weight is 285 g/mol. The molecule has 0 radical (unpaired) electrons. The lowest BCUT2D eigenvalue weighted by molar-refractivity contribution is 0.317. The predicted molar refractivity (Wildman–Crippen MR) is 81.2 cm³/mol. The number of imidazole rings is 1. The first-order valence-corrected chi connectivity index (χ1v) is 6.85. The lowest BCUT2D eigenvalue weighted by atomic mass is 10.2. The zero-order valence-electron chi connectivity index (χ0n) is 11.7. The van der Waals surface area contributed by atoms with Crippen molar-refractivity contribution in [3.05, 3.63) is 48.3 Å². The molecule has 1 aromatic heterocycles. The topological polar surface area (TPSA) is 53.1 Å². The van der Waals surface area contributed by atoms with Gasteiger partial charge in [-0.2, -0.15) is 0 Å². The van der Waals surface area contributed by atoms with Crippen molar-refractivity contribution in [3.63, 3.8) is 0 Å². The number of nitrogens with two attached hydrogens (primary N) is 1.